The molecule has 1 nitrogen and oxygen atoms in total. The van der Waals surface area contributed by atoms with Crippen LogP contribution in [0.3, 0.4) is 0 Å². The van der Waals surface area contributed by atoms with E-state index in [9.17, 15) is 0 Å². The lowest BCUT2D eigenvalue weighted by Crippen LogP contribution is -1.92. The Labute approximate surface area is 89.5 Å². The van der Waals surface area contributed by atoms with Crippen molar-refractivity contribution in [3.05, 3.63) is 28.8 Å². The van der Waals surface area contributed by atoms with Crippen molar-refractivity contribution in [1.29, 1.82) is 0 Å². The topological polar surface area (TPSA) is 9.23 Å². The summed E-state index contributed by atoms with van der Waals surface area (Å²) in [6.07, 6.45) is 2.01. The maximum Gasteiger partial charge on any atom is 0.122 e. The van der Waals surface area contributed by atoms with Gasteiger partial charge < -0.3 is 4.74 Å². The summed E-state index contributed by atoms with van der Waals surface area (Å²) in [5, 5.41) is 0.759. The van der Waals surface area contributed by atoms with Crippen molar-refractivity contribution in [1.82, 2.24) is 0 Å². The van der Waals surface area contributed by atoms with Crippen LogP contribution in [0.2, 0.25) is 5.02 Å². The zero-order valence-electron chi connectivity index (χ0n) is 7.59. The Balaban J connectivity index is 2.81. The fourth-order valence-electron chi connectivity index (χ4n) is 1.21. The molecule has 0 aliphatic carbocycles. The molecule has 0 heterocycles. The first-order valence-corrected chi connectivity index (χ1v) is 5.22. The van der Waals surface area contributed by atoms with Gasteiger partial charge in [-0.1, -0.05) is 11.6 Å². The predicted molar refractivity (Wildman–Crippen MR) is 60.2 cm³/mol. The zero-order chi connectivity index (χ0) is 9.68. The van der Waals surface area contributed by atoms with Gasteiger partial charge in [0.2, 0.25) is 0 Å². The smallest absolute Gasteiger partial charge is 0.122 e. The molecule has 0 aromatic heterocycles. The Morgan fingerprint density at radius 3 is 2.85 bits per heavy atom. The SMILES string of the molecule is COc1ccc(Cl)cc1CCCS. The summed E-state index contributed by atoms with van der Waals surface area (Å²) >= 11 is 10.0. The third-order valence-electron chi connectivity index (χ3n) is 1.85. The Kier molecular flexibility index (Phi) is 4.46. The molecule has 13 heavy (non-hydrogen) atoms. The van der Waals surface area contributed by atoms with E-state index in [0.29, 0.717) is 0 Å². The van der Waals surface area contributed by atoms with Gasteiger partial charge in [-0.05, 0) is 42.4 Å². The van der Waals surface area contributed by atoms with Gasteiger partial charge in [0.25, 0.3) is 0 Å². The third-order valence-corrected chi connectivity index (χ3v) is 2.40. The Bertz CT molecular complexity index is 276. The highest BCUT2D eigenvalue weighted by atomic mass is 35.5. The van der Waals surface area contributed by atoms with E-state index in [2.05, 4.69) is 12.6 Å². The van der Waals surface area contributed by atoms with Crippen LogP contribution < -0.4 is 4.74 Å². The molecule has 0 saturated carbocycles. The average Bonchev–Trinajstić information content (AvgIpc) is 2.15. The highest BCUT2D eigenvalue weighted by Gasteiger charge is 2.02. The second-order valence-corrected chi connectivity index (χ2v) is 3.67. The molecule has 1 rings (SSSR count). The minimum atomic E-state index is 0.759. The first-order chi connectivity index (χ1) is 6.27. The molecule has 0 amide bonds. The van der Waals surface area contributed by atoms with Gasteiger partial charge >= 0.3 is 0 Å². The van der Waals surface area contributed by atoms with Crippen molar-refractivity contribution >= 4 is 24.2 Å². The van der Waals surface area contributed by atoms with Crippen LogP contribution >= 0.6 is 24.2 Å². The molecule has 1 aromatic carbocycles. The molecule has 0 radical (unpaired) electrons. The van der Waals surface area contributed by atoms with Crippen LogP contribution in [0.5, 0.6) is 5.75 Å². The molecular weight excluding hydrogens is 204 g/mol. The van der Waals surface area contributed by atoms with Crippen LogP contribution in [0.1, 0.15) is 12.0 Å². The van der Waals surface area contributed by atoms with Crippen LogP contribution in [0.4, 0.5) is 0 Å². The van der Waals surface area contributed by atoms with Crippen molar-refractivity contribution in [3.8, 4) is 5.75 Å². The van der Waals surface area contributed by atoms with E-state index >= 15 is 0 Å². The van der Waals surface area contributed by atoms with E-state index in [4.69, 9.17) is 16.3 Å². The predicted octanol–water partition coefficient (Wildman–Crippen LogP) is 3.21. The van der Waals surface area contributed by atoms with Crippen LogP contribution in [0, 0.1) is 0 Å². The van der Waals surface area contributed by atoms with Gasteiger partial charge in [0.05, 0.1) is 7.11 Å². The number of ether oxygens (including phenoxy) is 1. The van der Waals surface area contributed by atoms with Crippen molar-refractivity contribution in [2.45, 2.75) is 12.8 Å². The second kappa shape index (κ2) is 5.40. The number of benzene rings is 1. The number of hydrogen-bond acceptors (Lipinski definition) is 2. The molecule has 3 heteroatoms. The molecular formula is C10H13ClOS. The summed E-state index contributed by atoms with van der Waals surface area (Å²) in [5.74, 6) is 1.79. The summed E-state index contributed by atoms with van der Waals surface area (Å²) < 4.78 is 5.21. The number of thiol groups is 1. The number of aryl methyl sites for hydroxylation is 1. The summed E-state index contributed by atoms with van der Waals surface area (Å²) in [7, 11) is 1.67. The number of halogens is 1. The molecule has 0 saturated heterocycles. The average molecular weight is 217 g/mol. The van der Waals surface area contributed by atoms with Crippen LogP contribution in [-0.2, 0) is 6.42 Å². The van der Waals surface area contributed by atoms with Gasteiger partial charge in [0, 0.05) is 5.02 Å². The van der Waals surface area contributed by atoms with Gasteiger partial charge in [-0.25, -0.2) is 0 Å². The fraction of sp³-hybridized carbons (Fsp3) is 0.400. The molecule has 0 spiro atoms. The monoisotopic (exact) mass is 216 g/mol. The molecule has 0 bridgehead atoms. The lowest BCUT2D eigenvalue weighted by atomic mass is 10.1. The fourth-order valence-corrected chi connectivity index (χ4v) is 1.56. The van der Waals surface area contributed by atoms with Crippen molar-refractivity contribution < 1.29 is 4.74 Å². The number of methoxy groups -OCH3 is 1. The first-order valence-electron chi connectivity index (χ1n) is 4.21. The summed E-state index contributed by atoms with van der Waals surface area (Å²) in [4.78, 5) is 0. The lowest BCUT2D eigenvalue weighted by Gasteiger charge is -2.07. The largest absolute Gasteiger partial charge is 0.496 e. The Morgan fingerprint density at radius 1 is 1.46 bits per heavy atom. The van der Waals surface area contributed by atoms with Crippen LogP contribution in [-0.4, -0.2) is 12.9 Å². The molecule has 0 atom stereocenters. The van der Waals surface area contributed by atoms with Gasteiger partial charge in [0.15, 0.2) is 0 Å². The minimum Gasteiger partial charge on any atom is -0.496 e. The highest BCUT2D eigenvalue weighted by molar-refractivity contribution is 7.80. The van der Waals surface area contributed by atoms with Crippen LogP contribution in [0.15, 0.2) is 18.2 Å². The standard InChI is InChI=1S/C10H13ClOS/c1-12-10-5-4-9(11)7-8(10)3-2-6-13/h4-5,7,13H,2-3,6H2,1H3. The molecule has 0 N–H and O–H groups in total. The minimum absolute atomic E-state index is 0.759. The second-order valence-electron chi connectivity index (χ2n) is 2.78. The van der Waals surface area contributed by atoms with E-state index in [1.165, 1.54) is 0 Å². The molecule has 0 unspecified atom stereocenters. The third kappa shape index (κ3) is 3.12. The van der Waals surface area contributed by atoms with Gasteiger partial charge in [0.1, 0.15) is 5.75 Å². The number of hydrogen-bond donors (Lipinski definition) is 1. The van der Waals surface area contributed by atoms with E-state index < -0.39 is 0 Å². The molecule has 1 aromatic rings. The van der Waals surface area contributed by atoms with E-state index in [-0.39, 0.29) is 0 Å². The van der Waals surface area contributed by atoms with Crippen LogP contribution in [0.25, 0.3) is 0 Å². The van der Waals surface area contributed by atoms with E-state index in [1.807, 2.05) is 18.2 Å². The molecule has 0 fully saturated rings. The summed E-state index contributed by atoms with van der Waals surface area (Å²) in [6, 6.07) is 5.69. The van der Waals surface area contributed by atoms with Gasteiger partial charge in [-0.2, -0.15) is 12.6 Å². The zero-order valence-corrected chi connectivity index (χ0v) is 9.24. The quantitative estimate of drug-likeness (QED) is 0.761. The highest BCUT2D eigenvalue weighted by Crippen LogP contribution is 2.23. The first kappa shape index (κ1) is 10.7. The lowest BCUT2D eigenvalue weighted by molar-refractivity contribution is 0.409. The Hall–Kier alpha value is -0.340. The normalized spacial score (nSPS) is 10.1. The van der Waals surface area contributed by atoms with Gasteiger partial charge in [-0.3, -0.25) is 0 Å². The van der Waals surface area contributed by atoms with E-state index in [0.717, 1.165) is 34.9 Å². The summed E-state index contributed by atoms with van der Waals surface area (Å²) in [5.41, 5.74) is 1.16. The Morgan fingerprint density at radius 2 is 2.23 bits per heavy atom. The van der Waals surface area contributed by atoms with Crippen molar-refractivity contribution in [3.63, 3.8) is 0 Å². The maximum absolute atomic E-state index is 5.88. The summed E-state index contributed by atoms with van der Waals surface area (Å²) in [6.45, 7) is 0. The maximum atomic E-state index is 5.88. The molecule has 72 valence electrons. The van der Waals surface area contributed by atoms with E-state index in [1.54, 1.807) is 7.11 Å². The van der Waals surface area contributed by atoms with Crippen molar-refractivity contribution in [2.24, 2.45) is 0 Å². The molecule has 0 aliphatic heterocycles. The van der Waals surface area contributed by atoms with Gasteiger partial charge in [-0.15, -0.1) is 0 Å². The number of rotatable bonds is 4. The van der Waals surface area contributed by atoms with Crippen molar-refractivity contribution in [2.75, 3.05) is 12.9 Å². The molecule has 0 aliphatic rings.